The predicted molar refractivity (Wildman–Crippen MR) is 105 cm³/mol. The van der Waals surface area contributed by atoms with Gasteiger partial charge in [-0.2, -0.15) is 0 Å². The van der Waals surface area contributed by atoms with Gasteiger partial charge < -0.3 is 9.64 Å². The molecule has 1 saturated heterocycles. The molecule has 1 aromatic carbocycles. The van der Waals surface area contributed by atoms with Crippen molar-refractivity contribution in [2.45, 2.75) is 43.9 Å². The third kappa shape index (κ3) is 4.55. The first kappa shape index (κ1) is 20.4. The van der Waals surface area contributed by atoms with Crippen LogP contribution in [0, 0.1) is 5.82 Å². The number of nitrogens with zero attached hydrogens (tertiary/aromatic N) is 3. The first-order chi connectivity index (χ1) is 13.5. The molecule has 0 unspecified atom stereocenters. The average molecular weight is 405 g/mol. The van der Waals surface area contributed by atoms with Crippen molar-refractivity contribution in [2.24, 2.45) is 0 Å². The maximum atomic E-state index is 13.3. The lowest BCUT2D eigenvalue weighted by Crippen LogP contribution is -2.40. The summed E-state index contributed by atoms with van der Waals surface area (Å²) in [7, 11) is 0. The number of likely N-dealkylation sites (tertiary alicyclic amines) is 1. The van der Waals surface area contributed by atoms with Gasteiger partial charge in [0.1, 0.15) is 5.82 Å². The summed E-state index contributed by atoms with van der Waals surface area (Å²) >= 11 is 1.36. The summed E-state index contributed by atoms with van der Waals surface area (Å²) in [5, 5.41) is 0.574. The Kier molecular flexibility index (Phi) is 6.72. The van der Waals surface area contributed by atoms with Crippen LogP contribution in [0.5, 0.6) is 0 Å². The summed E-state index contributed by atoms with van der Waals surface area (Å²) in [4.78, 5) is 31.4. The van der Waals surface area contributed by atoms with E-state index in [2.05, 4.69) is 4.98 Å². The summed E-state index contributed by atoms with van der Waals surface area (Å²) in [5.41, 5.74) is 0.799. The van der Waals surface area contributed by atoms with Crippen molar-refractivity contribution in [1.82, 2.24) is 14.5 Å². The summed E-state index contributed by atoms with van der Waals surface area (Å²) in [6.07, 6.45) is 6.56. The highest BCUT2D eigenvalue weighted by Crippen LogP contribution is 2.23. The van der Waals surface area contributed by atoms with E-state index in [1.165, 1.54) is 30.1 Å². The van der Waals surface area contributed by atoms with Crippen LogP contribution < -0.4 is 0 Å². The molecule has 1 amide bonds. The molecule has 1 atom stereocenters. The van der Waals surface area contributed by atoms with E-state index in [0.717, 1.165) is 25.7 Å². The van der Waals surface area contributed by atoms with Gasteiger partial charge in [0.25, 0.3) is 5.91 Å². The second-order valence-corrected chi connectivity index (χ2v) is 7.50. The molecule has 0 saturated carbocycles. The molecule has 0 spiro atoms. The number of carbonyl (C=O) groups excluding carboxylic acids is 2. The van der Waals surface area contributed by atoms with Gasteiger partial charge in [0, 0.05) is 18.8 Å². The molecular formula is C20H24FN3O3S. The first-order valence-electron chi connectivity index (χ1n) is 9.38. The van der Waals surface area contributed by atoms with E-state index in [4.69, 9.17) is 4.74 Å². The van der Waals surface area contributed by atoms with Gasteiger partial charge in [-0.05, 0) is 50.3 Å². The highest BCUT2D eigenvalue weighted by Gasteiger charge is 2.27. The molecule has 3 rings (SSSR count). The van der Waals surface area contributed by atoms with Crippen LogP contribution >= 0.6 is 11.8 Å². The van der Waals surface area contributed by atoms with Crippen LogP contribution in [-0.4, -0.2) is 51.8 Å². The largest absolute Gasteiger partial charge is 0.448 e. The summed E-state index contributed by atoms with van der Waals surface area (Å²) in [5.74, 6) is -1.17. The molecule has 2 heterocycles. The second-order valence-electron chi connectivity index (χ2n) is 6.73. The average Bonchev–Trinajstić information content (AvgIpc) is 2.94. The van der Waals surface area contributed by atoms with Gasteiger partial charge in [0.2, 0.25) is 0 Å². The van der Waals surface area contributed by atoms with Crippen molar-refractivity contribution in [2.75, 3.05) is 19.3 Å². The minimum atomic E-state index is -0.875. The maximum Gasteiger partial charge on any atom is 0.357 e. The number of rotatable bonds is 5. The lowest BCUT2D eigenvalue weighted by atomic mass is 10.2. The number of halogens is 1. The Labute approximate surface area is 168 Å². The van der Waals surface area contributed by atoms with Gasteiger partial charge in [-0.1, -0.05) is 24.6 Å². The van der Waals surface area contributed by atoms with E-state index in [-0.39, 0.29) is 17.4 Å². The van der Waals surface area contributed by atoms with E-state index in [0.29, 0.717) is 23.9 Å². The predicted octanol–water partition coefficient (Wildman–Crippen LogP) is 3.68. The Hall–Kier alpha value is -2.35. The Morgan fingerprint density at radius 2 is 1.79 bits per heavy atom. The van der Waals surface area contributed by atoms with Gasteiger partial charge >= 0.3 is 5.97 Å². The van der Waals surface area contributed by atoms with Gasteiger partial charge in [0.05, 0.1) is 6.20 Å². The Morgan fingerprint density at radius 3 is 2.39 bits per heavy atom. The molecule has 1 aliphatic rings. The first-order valence-corrected chi connectivity index (χ1v) is 10.6. The van der Waals surface area contributed by atoms with E-state index >= 15 is 0 Å². The molecule has 1 aromatic heterocycles. The molecule has 6 nitrogen and oxygen atoms in total. The minimum Gasteiger partial charge on any atom is -0.448 e. The van der Waals surface area contributed by atoms with Crippen molar-refractivity contribution in [3.63, 3.8) is 0 Å². The number of carbonyl (C=O) groups is 2. The molecule has 0 aliphatic carbocycles. The fraction of sp³-hybridized carbons (Fsp3) is 0.450. The molecule has 0 bridgehead atoms. The number of hydrogen-bond acceptors (Lipinski definition) is 5. The number of ether oxygens (including phenoxy) is 1. The molecule has 0 radical (unpaired) electrons. The molecule has 1 aliphatic heterocycles. The maximum absolute atomic E-state index is 13.3. The number of hydrogen-bond donors (Lipinski definition) is 0. The Morgan fingerprint density at radius 1 is 1.14 bits per heavy atom. The van der Waals surface area contributed by atoms with Crippen molar-refractivity contribution in [1.29, 1.82) is 0 Å². The number of thioether (sulfide) groups is 1. The zero-order valence-electron chi connectivity index (χ0n) is 16.1. The molecule has 0 N–H and O–H groups in total. The zero-order chi connectivity index (χ0) is 20.1. The number of imidazole rings is 1. The summed E-state index contributed by atoms with van der Waals surface area (Å²) < 4.78 is 20.3. The molecule has 8 heteroatoms. The quantitative estimate of drug-likeness (QED) is 0.561. The molecule has 28 heavy (non-hydrogen) atoms. The van der Waals surface area contributed by atoms with E-state index in [1.54, 1.807) is 28.5 Å². The van der Waals surface area contributed by atoms with Crippen molar-refractivity contribution < 1.29 is 18.7 Å². The van der Waals surface area contributed by atoms with Crippen molar-refractivity contribution in [3.05, 3.63) is 42.0 Å². The highest BCUT2D eigenvalue weighted by molar-refractivity contribution is 7.98. The Bertz CT molecular complexity index is 830. The smallest absolute Gasteiger partial charge is 0.357 e. The Balaban J connectivity index is 1.78. The normalized spacial score (nSPS) is 15.8. The zero-order valence-corrected chi connectivity index (χ0v) is 16.9. The third-order valence-corrected chi connectivity index (χ3v) is 5.41. The number of amides is 1. The number of esters is 1. The van der Waals surface area contributed by atoms with Gasteiger partial charge in [-0.3, -0.25) is 9.36 Å². The van der Waals surface area contributed by atoms with E-state index < -0.39 is 12.1 Å². The van der Waals surface area contributed by atoms with Gasteiger partial charge in [0.15, 0.2) is 17.0 Å². The SMILES string of the molecule is CSc1ncc(C(=O)O[C@H](C)C(=O)N2CCCCCC2)n1-c1ccc(F)cc1. The second kappa shape index (κ2) is 9.23. The van der Waals surface area contributed by atoms with Crippen LogP contribution in [0.25, 0.3) is 5.69 Å². The van der Waals surface area contributed by atoms with Crippen molar-refractivity contribution >= 4 is 23.6 Å². The van der Waals surface area contributed by atoms with Crippen LogP contribution in [-0.2, 0) is 9.53 Å². The molecular weight excluding hydrogens is 381 g/mol. The summed E-state index contributed by atoms with van der Waals surface area (Å²) in [6, 6.07) is 5.78. The summed E-state index contributed by atoms with van der Waals surface area (Å²) in [6.45, 7) is 2.99. The lowest BCUT2D eigenvalue weighted by Gasteiger charge is -2.24. The van der Waals surface area contributed by atoms with Crippen molar-refractivity contribution in [3.8, 4) is 5.69 Å². The fourth-order valence-electron chi connectivity index (χ4n) is 3.28. The van der Waals surface area contributed by atoms with Crippen LogP contribution in [0.2, 0.25) is 0 Å². The standard InChI is InChI=1S/C20H24FN3O3S/c1-14(18(25)23-11-5-3-4-6-12-23)27-19(26)17-13-22-20(28-2)24(17)16-9-7-15(21)8-10-16/h7-10,13-14H,3-6,11-12H2,1-2H3/t14-/m1/s1. The lowest BCUT2D eigenvalue weighted by molar-refractivity contribution is -0.139. The van der Waals surface area contributed by atoms with Gasteiger partial charge in [-0.15, -0.1) is 0 Å². The topological polar surface area (TPSA) is 64.4 Å². The fourth-order valence-corrected chi connectivity index (χ4v) is 3.83. The minimum absolute atomic E-state index is 0.173. The van der Waals surface area contributed by atoms with Crippen LogP contribution in [0.3, 0.4) is 0 Å². The number of benzene rings is 1. The monoisotopic (exact) mass is 405 g/mol. The third-order valence-electron chi connectivity index (χ3n) is 4.76. The molecule has 1 fully saturated rings. The van der Waals surface area contributed by atoms with E-state index in [9.17, 15) is 14.0 Å². The van der Waals surface area contributed by atoms with Gasteiger partial charge in [-0.25, -0.2) is 14.2 Å². The van der Waals surface area contributed by atoms with Crippen LogP contribution in [0.1, 0.15) is 43.1 Å². The van der Waals surface area contributed by atoms with Crippen LogP contribution in [0.4, 0.5) is 4.39 Å². The molecule has 150 valence electrons. The number of aromatic nitrogens is 2. The molecule has 2 aromatic rings. The van der Waals surface area contributed by atoms with Crippen LogP contribution in [0.15, 0.2) is 35.6 Å². The highest BCUT2D eigenvalue weighted by atomic mass is 32.2. The van der Waals surface area contributed by atoms with E-state index in [1.807, 2.05) is 6.26 Å².